The monoisotopic (exact) mass is 424 g/mol. The summed E-state index contributed by atoms with van der Waals surface area (Å²) in [4.78, 5) is 15.5. The van der Waals surface area contributed by atoms with Crippen LogP contribution in [-0.2, 0) is 22.2 Å². The van der Waals surface area contributed by atoms with Crippen molar-refractivity contribution in [2.24, 2.45) is 5.73 Å². The number of aromatic nitrogens is 1. The van der Waals surface area contributed by atoms with E-state index in [0.29, 0.717) is 22.6 Å². The van der Waals surface area contributed by atoms with Crippen LogP contribution in [0, 0.1) is 13.8 Å². The van der Waals surface area contributed by atoms with Crippen molar-refractivity contribution in [1.29, 1.82) is 0 Å². The number of hydrogen-bond donors (Lipinski definition) is 3. The van der Waals surface area contributed by atoms with Gasteiger partial charge in [0.05, 0.1) is 23.3 Å². The molecular weight excluding hydrogens is 400 g/mol. The second kappa shape index (κ2) is 9.06. The van der Waals surface area contributed by atoms with Gasteiger partial charge in [0, 0.05) is 25.2 Å². The maximum atomic E-state index is 12.3. The normalized spacial score (nSPS) is 10.8. The van der Waals surface area contributed by atoms with Crippen LogP contribution >= 0.6 is 0 Å². The molecule has 8 heteroatoms. The van der Waals surface area contributed by atoms with Gasteiger partial charge in [0.15, 0.2) is 0 Å². The number of carbonyl (C=O) groups excluding carboxylic acids is 1. The number of carbonyl (C=O) groups is 1. The highest BCUT2D eigenvalue weighted by Gasteiger charge is 2.17. The number of thiol groups is 1. The minimum absolute atomic E-state index is 0.185. The van der Waals surface area contributed by atoms with Crippen molar-refractivity contribution in [3.8, 4) is 11.1 Å². The first-order valence-corrected chi connectivity index (χ1v) is 10.5. The lowest BCUT2D eigenvalue weighted by Crippen LogP contribution is -2.17. The Kier molecular flexibility index (Phi) is 6.49. The molecule has 0 saturated carbocycles. The fourth-order valence-corrected chi connectivity index (χ4v) is 3.84. The first-order chi connectivity index (χ1) is 14.3. The molecule has 0 aliphatic rings. The average molecular weight is 425 g/mol. The van der Waals surface area contributed by atoms with Crippen LogP contribution in [0.4, 0.5) is 17.1 Å². The topological polar surface area (TPSA) is 105 Å². The fourth-order valence-electron chi connectivity index (χ4n) is 3.16. The van der Waals surface area contributed by atoms with Crippen LogP contribution in [0.25, 0.3) is 11.1 Å². The van der Waals surface area contributed by atoms with Gasteiger partial charge in [0.25, 0.3) is 0 Å². The number of anilines is 3. The summed E-state index contributed by atoms with van der Waals surface area (Å²) in [5.41, 5.74) is 11.8. The Labute approximate surface area is 177 Å². The molecule has 3 rings (SSSR count). The third kappa shape index (κ3) is 4.67. The number of aryl methyl sites for hydroxylation is 2. The molecule has 0 saturated heterocycles. The summed E-state index contributed by atoms with van der Waals surface area (Å²) in [6.07, 6.45) is 3.21. The molecule has 0 radical (unpaired) electrons. The van der Waals surface area contributed by atoms with E-state index < -0.39 is 10.9 Å². The smallest absolute Gasteiger partial charge is 0.229 e. The predicted octanol–water partition coefficient (Wildman–Crippen LogP) is 3.45. The first-order valence-electron chi connectivity index (χ1n) is 9.38. The number of amides is 1. The summed E-state index contributed by atoms with van der Waals surface area (Å²) >= 11 is 0. The molecule has 2 aromatic carbocycles. The van der Waals surface area contributed by atoms with Crippen LogP contribution in [0.15, 0.2) is 54.9 Å². The molecule has 0 aliphatic heterocycles. The molecule has 1 heterocycles. The fraction of sp³-hybridized carbons (Fsp3) is 0.182. The molecule has 0 bridgehead atoms. The molecular formula is C22H24N4O3S. The van der Waals surface area contributed by atoms with E-state index in [4.69, 9.17) is 5.73 Å². The number of benzene rings is 2. The summed E-state index contributed by atoms with van der Waals surface area (Å²) in [7, 11) is -2.95. The van der Waals surface area contributed by atoms with Gasteiger partial charge in [-0.1, -0.05) is 18.2 Å². The largest absolute Gasteiger partial charge is 0.326 e. The van der Waals surface area contributed by atoms with Gasteiger partial charge in [-0.25, -0.2) is 12.7 Å². The van der Waals surface area contributed by atoms with Gasteiger partial charge < -0.3 is 11.1 Å². The third-order valence-corrected chi connectivity index (χ3v) is 5.60. The maximum Gasteiger partial charge on any atom is 0.229 e. The summed E-state index contributed by atoms with van der Waals surface area (Å²) in [5.74, 6) is -0.197. The molecule has 1 aromatic heterocycles. The van der Waals surface area contributed by atoms with E-state index in [0.717, 1.165) is 22.3 Å². The van der Waals surface area contributed by atoms with Crippen molar-refractivity contribution in [2.45, 2.75) is 27.3 Å². The lowest BCUT2D eigenvalue weighted by atomic mass is 10.0. The summed E-state index contributed by atoms with van der Waals surface area (Å²) < 4.78 is 25.8. The van der Waals surface area contributed by atoms with Crippen molar-refractivity contribution in [1.82, 2.24) is 4.98 Å². The minimum Gasteiger partial charge on any atom is -0.326 e. The van der Waals surface area contributed by atoms with E-state index >= 15 is 0 Å². The lowest BCUT2D eigenvalue weighted by molar-refractivity contribution is -0.114. The molecule has 0 aliphatic carbocycles. The van der Waals surface area contributed by atoms with E-state index in [2.05, 4.69) is 10.3 Å². The maximum absolute atomic E-state index is 12.3. The van der Waals surface area contributed by atoms with E-state index in [9.17, 15) is 13.2 Å². The van der Waals surface area contributed by atoms with Crippen LogP contribution in [0.2, 0.25) is 0 Å². The van der Waals surface area contributed by atoms with E-state index in [-0.39, 0.29) is 12.5 Å². The zero-order chi connectivity index (χ0) is 21.8. The quantitative estimate of drug-likeness (QED) is 0.526. The Bertz CT molecular complexity index is 1170. The van der Waals surface area contributed by atoms with E-state index in [1.54, 1.807) is 30.6 Å². The number of rotatable bonds is 6. The van der Waals surface area contributed by atoms with Crippen LogP contribution < -0.4 is 15.4 Å². The molecule has 7 nitrogen and oxygen atoms in total. The first kappa shape index (κ1) is 21.5. The van der Waals surface area contributed by atoms with Gasteiger partial charge in [-0.05, 0) is 60.4 Å². The van der Waals surface area contributed by atoms with Crippen LogP contribution in [-0.4, -0.2) is 19.3 Å². The summed E-state index contributed by atoms with van der Waals surface area (Å²) in [5, 5.41) is 2.70. The van der Waals surface area contributed by atoms with E-state index in [1.165, 1.54) is 11.2 Å². The molecule has 30 heavy (non-hydrogen) atoms. The Hall–Kier alpha value is -3.23. The van der Waals surface area contributed by atoms with Gasteiger partial charge in [-0.15, -0.1) is 0 Å². The standard InChI is InChI=1S/C22H24N4O3S/c1-14-4-7-21(8-15(14)2)26(30(28)29)22-10-17(5-6-18(22)11-23)19-9-20(13-24-12-19)25-16(3)27/h4-10,12-13,30H,11,23H2,1-3H3,(H,25,27). The highest BCUT2D eigenvalue weighted by atomic mass is 32.2. The number of nitrogens with two attached hydrogens (primary N) is 1. The summed E-state index contributed by atoms with van der Waals surface area (Å²) in [6, 6.07) is 12.7. The zero-order valence-corrected chi connectivity index (χ0v) is 17.9. The SMILES string of the molecule is CC(=O)Nc1cncc(-c2ccc(CN)c(N(c3ccc(C)c(C)c3)[SH](=O)=O)c2)c1. The molecule has 0 atom stereocenters. The van der Waals surface area contributed by atoms with Crippen LogP contribution in [0.3, 0.4) is 0 Å². The molecule has 156 valence electrons. The molecule has 3 aromatic rings. The van der Waals surface area contributed by atoms with Crippen molar-refractivity contribution >= 4 is 33.9 Å². The second-order valence-corrected chi connectivity index (χ2v) is 7.88. The zero-order valence-electron chi connectivity index (χ0n) is 17.0. The molecule has 1 amide bonds. The average Bonchev–Trinajstić information content (AvgIpc) is 2.70. The Morgan fingerprint density at radius 2 is 1.80 bits per heavy atom. The Morgan fingerprint density at radius 1 is 1.03 bits per heavy atom. The lowest BCUT2D eigenvalue weighted by Gasteiger charge is -2.22. The third-order valence-electron chi connectivity index (χ3n) is 4.82. The Balaban J connectivity index is 2.13. The van der Waals surface area contributed by atoms with Gasteiger partial charge in [-0.2, -0.15) is 0 Å². The number of nitrogens with one attached hydrogen (secondary N) is 1. The number of pyridine rings is 1. The molecule has 0 spiro atoms. The second-order valence-electron chi connectivity index (χ2n) is 7.01. The highest BCUT2D eigenvalue weighted by molar-refractivity contribution is 7.74. The number of nitrogens with zero attached hydrogens (tertiary/aromatic N) is 2. The van der Waals surface area contributed by atoms with Crippen molar-refractivity contribution in [2.75, 3.05) is 9.62 Å². The van der Waals surface area contributed by atoms with Gasteiger partial charge in [-0.3, -0.25) is 9.78 Å². The summed E-state index contributed by atoms with van der Waals surface area (Å²) in [6.45, 7) is 5.52. The van der Waals surface area contributed by atoms with Crippen molar-refractivity contribution in [3.05, 3.63) is 71.5 Å². The molecule has 0 fully saturated rings. The minimum atomic E-state index is -2.95. The van der Waals surface area contributed by atoms with Gasteiger partial charge >= 0.3 is 0 Å². The van der Waals surface area contributed by atoms with Crippen molar-refractivity contribution < 1.29 is 13.2 Å². The van der Waals surface area contributed by atoms with Gasteiger partial charge in [0.1, 0.15) is 0 Å². The molecule has 0 unspecified atom stereocenters. The molecule has 3 N–H and O–H groups in total. The van der Waals surface area contributed by atoms with Gasteiger partial charge in [0.2, 0.25) is 16.8 Å². The predicted molar refractivity (Wildman–Crippen MR) is 120 cm³/mol. The van der Waals surface area contributed by atoms with Crippen LogP contribution in [0.1, 0.15) is 23.6 Å². The van der Waals surface area contributed by atoms with Crippen LogP contribution in [0.5, 0.6) is 0 Å². The van der Waals surface area contributed by atoms with E-state index in [1.807, 2.05) is 38.1 Å². The Morgan fingerprint density at radius 3 is 2.43 bits per heavy atom. The van der Waals surface area contributed by atoms with Crippen molar-refractivity contribution in [3.63, 3.8) is 0 Å². The highest BCUT2D eigenvalue weighted by Crippen LogP contribution is 2.34. The number of hydrogen-bond acceptors (Lipinski definition) is 5.